The first-order valence-electron chi connectivity index (χ1n) is 5.54. The van der Waals surface area contributed by atoms with E-state index in [2.05, 4.69) is 26.1 Å². The minimum absolute atomic E-state index is 0.0426. The number of aliphatic hydroxyl groups excluding tert-OH is 1. The smallest absolute Gasteiger partial charge is 0.0705 e. The van der Waals surface area contributed by atoms with Crippen LogP contribution in [0.2, 0.25) is 5.02 Å². The molecule has 16 heavy (non-hydrogen) atoms. The third-order valence-electron chi connectivity index (χ3n) is 2.25. The Labute approximate surface area is 103 Å². The average Bonchev–Trinajstić information content (AvgIpc) is 2.18. The minimum atomic E-state index is -0.361. The largest absolute Gasteiger partial charge is 0.391 e. The predicted octanol–water partition coefficient (Wildman–Crippen LogP) is 2.63. The number of rotatable bonds is 4. The summed E-state index contributed by atoms with van der Waals surface area (Å²) in [6, 6.07) is 7.59. The summed E-state index contributed by atoms with van der Waals surface area (Å²) >= 11 is 5.79. The Morgan fingerprint density at radius 2 is 1.81 bits per heavy atom. The summed E-state index contributed by atoms with van der Waals surface area (Å²) in [6.07, 6.45) is 0.292. The maximum Gasteiger partial charge on any atom is 0.0705 e. The summed E-state index contributed by atoms with van der Waals surface area (Å²) in [5, 5.41) is 13.8. The second-order valence-electron chi connectivity index (χ2n) is 5.12. The summed E-state index contributed by atoms with van der Waals surface area (Å²) in [5.74, 6) is 0. The quantitative estimate of drug-likeness (QED) is 0.850. The van der Waals surface area contributed by atoms with Crippen molar-refractivity contribution >= 4 is 11.6 Å². The summed E-state index contributed by atoms with van der Waals surface area (Å²) in [4.78, 5) is 0. The van der Waals surface area contributed by atoms with Crippen molar-refractivity contribution in [3.63, 3.8) is 0 Å². The van der Waals surface area contributed by atoms with E-state index in [0.717, 1.165) is 10.6 Å². The fourth-order valence-corrected chi connectivity index (χ4v) is 1.51. The molecule has 0 aliphatic rings. The number of nitrogens with one attached hydrogen (secondary N) is 1. The van der Waals surface area contributed by atoms with E-state index < -0.39 is 0 Å². The van der Waals surface area contributed by atoms with E-state index in [-0.39, 0.29) is 11.6 Å². The number of benzene rings is 1. The van der Waals surface area contributed by atoms with Crippen LogP contribution in [-0.2, 0) is 6.42 Å². The second kappa shape index (κ2) is 5.67. The molecule has 2 N–H and O–H groups in total. The summed E-state index contributed by atoms with van der Waals surface area (Å²) < 4.78 is 0. The molecule has 0 bridgehead atoms. The Kier molecular flexibility index (Phi) is 4.78. The van der Waals surface area contributed by atoms with Gasteiger partial charge in [0.2, 0.25) is 0 Å². The molecule has 90 valence electrons. The maximum atomic E-state index is 9.84. The van der Waals surface area contributed by atoms with Crippen LogP contribution >= 0.6 is 11.6 Å². The molecule has 0 radical (unpaired) electrons. The van der Waals surface area contributed by atoms with Crippen LogP contribution in [-0.4, -0.2) is 23.3 Å². The zero-order chi connectivity index (χ0) is 12.2. The molecule has 0 heterocycles. The van der Waals surface area contributed by atoms with E-state index in [0.29, 0.717) is 13.0 Å². The first kappa shape index (κ1) is 13.5. The molecule has 1 atom stereocenters. The van der Waals surface area contributed by atoms with Crippen LogP contribution in [0.3, 0.4) is 0 Å². The van der Waals surface area contributed by atoms with Crippen molar-refractivity contribution in [2.75, 3.05) is 6.54 Å². The molecule has 1 unspecified atom stereocenters. The van der Waals surface area contributed by atoms with E-state index in [1.54, 1.807) is 0 Å². The number of aliphatic hydroxyl groups is 1. The Hall–Kier alpha value is -0.570. The molecule has 3 heteroatoms. The van der Waals surface area contributed by atoms with Gasteiger partial charge in [0.1, 0.15) is 0 Å². The molecule has 0 saturated carbocycles. The lowest BCUT2D eigenvalue weighted by Crippen LogP contribution is -2.41. The third-order valence-corrected chi connectivity index (χ3v) is 2.50. The highest BCUT2D eigenvalue weighted by molar-refractivity contribution is 6.30. The molecule has 0 amide bonds. The van der Waals surface area contributed by atoms with E-state index in [4.69, 9.17) is 11.6 Å². The van der Waals surface area contributed by atoms with Crippen molar-refractivity contribution in [3.8, 4) is 0 Å². The summed E-state index contributed by atoms with van der Waals surface area (Å²) in [6.45, 7) is 6.86. The Morgan fingerprint density at radius 1 is 1.25 bits per heavy atom. The van der Waals surface area contributed by atoms with Crippen LogP contribution in [0.1, 0.15) is 26.3 Å². The maximum absolute atomic E-state index is 9.84. The van der Waals surface area contributed by atoms with Crippen LogP contribution in [0.25, 0.3) is 0 Å². The highest BCUT2D eigenvalue weighted by Gasteiger charge is 2.12. The van der Waals surface area contributed by atoms with Crippen LogP contribution in [0.5, 0.6) is 0 Å². The fourth-order valence-electron chi connectivity index (χ4n) is 1.39. The van der Waals surface area contributed by atoms with Crippen LogP contribution in [0.4, 0.5) is 0 Å². The lowest BCUT2D eigenvalue weighted by molar-refractivity contribution is 0.161. The monoisotopic (exact) mass is 241 g/mol. The normalized spacial score (nSPS) is 13.8. The molecule has 0 aromatic heterocycles. The van der Waals surface area contributed by atoms with E-state index in [9.17, 15) is 5.11 Å². The fraction of sp³-hybridized carbons (Fsp3) is 0.538. The van der Waals surface area contributed by atoms with Gasteiger partial charge in [0.05, 0.1) is 6.10 Å². The zero-order valence-electron chi connectivity index (χ0n) is 10.1. The van der Waals surface area contributed by atoms with Gasteiger partial charge in [-0.25, -0.2) is 0 Å². The zero-order valence-corrected chi connectivity index (χ0v) is 10.9. The molecule has 0 fully saturated rings. The van der Waals surface area contributed by atoms with E-state index in [1.807, 2.05) is 24.3 Å². The molecular weight excluding hydrogens is 222 g/mol. The van der Waals surface area contributed by atoms with Gasteiger partial charge < -0.3 is 10.4 Å². The van der Waals surface area contributed by atoms with Crippen LogP contribution in [0.15, 0.2) is 24.3 Å². The highest BCUT2D eigenvalue weighted by atomic mass is 35.5. The van der Waals surface area contributed by atoms with Gasteiger partial charge in [-0.1, -0.05) is 23.7 Å². The molecule has 2 nitrogen and oxygen atoms in total. The lowest BCUT2D eigenvalue weighted by Gasteiger charge is -2.22. The van der Waals surface area contributed by atoms with Crippen molar-refractivity contribution in [1.29, 1.82) is 0 Å². The standard InChI is InChI=1S/C13H20ClNO/c1-13(2,3)15-9-12(16)8-10-4-6-11(14)7-5-10/h4-7,12,15-16H,8-9H2,1-3H3. The van der Waals surface area contributed by atoms with Gasteiger partial charge in [-0.3, -0.25) is 0 Å². The Bertz CT molecular complexity index is 316. The number of hydrogen-bond donors (Lipinski definition) is 2. The topological polar surface area (TPSA) is 32.3 Å². The Balaban J connectivity index is 2.39. The minimum Gasteiger partial charge on any atom is -0.391 e. The number of halogens is 1. The van der Waals surface area contributed by atoms with E-state index in [1.165, 1.54) is 0 Å². The molecule has 1 aromatic rings. The molecule has 1 aromatic carbocycles. The van der Waals surface area contributed by atoms with Crippen molar-refractivity contribution in [3.05, 3.63) is 34.9 Å². The molecule has 0 aliphatic carbocycles. The van der Waals surface area contributed by atoms with Gasteiger partial charge in [-0.15, -0.1) is 0 Å². The third kappa shape index (κ3) is 5.50. The summed E-state index contributed by atoms with van der Waals surface area (Å²) in [5.41, 5.74) is 1.15. The molecule has 0 spiro atoms. The molecule has 0 saturated heterocycles. The van der Waals surface area contributed by atoms with Crippen LogP contribution in [0, 0.1) is 0 Å². The SMILES string of the molecule is CC(C)(C)NCC(O)Cc1ccc(Cl)cc1. The van der Waals surface area contributed by atoms with Gasteiger partial charge in [0.25, 0.3) is 0 Å². The predicted molar refractivity (Wildman–Crippen MR) is 68.9 cm³/mol. The van der Waals surface area contributed by atoms with E-state index >= 15 is 0 Å². The Morgan fingerprint density at radius 3 is 2.31 bits per heavy atom. The first-order valence-corrected chi connectivity index (χ1v) is 5.92. The average molecular weight is 242 g/mol. The van der Waals surface area contributed by atoms with Crippen LogP contribution < -0.4 is 5.32 Å². The molecule has 0 aliphatic heterocycles. The highest BCUT2D eigenvalue weighted by Crippen LogP contribution is 2.11. The van der Waals surface area contributed by atoms with Gasteiger partial charge in [0, 0.05) is 17.1 Å². The lowest BCUT2D eigenvalue weighted by atomic mass is 10.1. The van der Waals surface area contributed by atoms with Crippen molar-refractivity contribution < 1.29 is 5.11 Å². The van der Waals surface area contributed by atoms with Crippen molar-refractivity contribution in [2.45, 2.75) is 38.8 Å². The van der Waals surface area contributed by atoms with Gasteiger partial charge in [-0.05, 0) is 44.9 Å². The van der Waals surface area contributed by atoms with Crippen molar-refractivity contribution in [2.24, 2.45) is 0 Å². The van der Waals surface area contributed by atoms with Gasteiger partial charge in [-0.2, -0.15) is 0 Å². The number of β-amino-alcohol motifs (C(OH)–C–C–N with tert-alkyl or cyclic N) is 1. The first-order chi connectivity index (χ1) is 7.37. The van der Waals surface area contributed by atoms with Crippen molar-refractivity contribution in [1.82, 2.24) is 5.32 Å². The molecular formula is C13H20ClNO. The summed E-state index contributed by atoms with van der Waals surface area (Å²) in [7, 11) is 0. The molecule has 1 rings (SSSR count). The van der Waals surface area contributed by atoms with Gasteiger partial charge >= 0.3 is 0 Å². The van der Waals surface area contributed by atoms with Gasteiger partial charge in [0.15, 0.2) is 0 Å². The number of hydrogen-bond acceptors (Lipinski definition) is 2. The second-order valence-corrected chi connectivity index (χ2v) is 5.55.